The Balaban J connectivity index is 1.52. The van der Waals surface area contributed by atoms with Crippen molar-refractivity contribution in [2.75, 3.05) is 6.61 Å². The highest BCUT2D eigenvalue weighted by atomic mass is 35.5. The highest BCUT2D eigenvalue weighted by Gasteiger charge is 2.30. The van der Waals surface area contributed by atoms with Crippen LogP contribution in [0.5, 0.6) is 11.5 Å². The summed E-state index contributed by atoms with van der Waals surface area (Å²) in [6, 6.07) is 13.8. The van der Waals surface area contributed by atoms with E-state index >= 15 is 0 Å². The standard InChI is InChI=1S/C22H15ClO4S/c1-13-19(26-12-18(24)14-4-6-15(23)7-5-14)9-8-17-21(25)20(27-22(13)17)11-16-3-2-10-28-16/h2-11H,12H2,1H3/b20-11-. The minimum absolute atomic E-state index is 0.118. The van der Waals surface area contributed by atoms with Gasteiger partial charge in [0.25, 0.3) is 0 Å². The molecule has 0 spiro atoms. The van der Waals surface area contributed by atoms with Crippen LogP contribution in [0.15, 0.2) is 59.7 Å². The lowest BCUT2D eigenvalue weighted by Gasteiger charge is -2.11. The number of hydrogen-bond acceptors (Lipinski definition) is 5. The molecule has 1 aliphatic rings. The molecule has 140 valence electrons. The minimum Gasteiger partial charge on any atom is -0.485 e. The molecule has 0 saturated carbocycles. The van der Waals surface area contributed by atoms with Crippen LogP contribution in [0.1, 0.15) is 31.2 Å². The van der Waals surface area contributed by atoms with E-state index in [1.165, 1.54) is 11.3 Å². The van der Waals surface area contributed by atoms with Crippen LogP contribution in [-0.4, -0.2) is 18.2 Å². The van der Waals surface area contributed by atoms with E-state index in [1.54, 1.807) is 42.5 Å². The van der Waals surface area contributed by atoms with Crippen LogP contribution in [0, 0.1) is 6.92 Å². The second kappa shape index (κ2) is 7.62. The summed E-state index contributed by atoms with van der Waals surface area (Å²) in [5.74, 6) is 0.951. The molecule has 2 heterocycles. The molecule has 0 bridgehead atoms. The highest BCUT2D eigenvalue weighted by molar-refractivity contribution is 7.10. The Labute approximate surface area is 171 Å². The third kappa shape index (κ3) is 3.59. The van der Waals surface area contributed by atoms with E-state index in [2.05, 4.69) is 0 Å². The number of halogens is 1. The lowest BCUT2D eigenvalue weighted by atomic mass is 10.1. The van der Waals surface area contributed by atoms with E-state index < -0.39 is 0 Å². The number of allylic oxidation sites excluding steroid dienone is 1. The highest BCUT2D eigenvalue weighted by Crippen LogP contribution is 2.39. The SMILES string of the molecule is Cc1c(OCC(=O)c2ccc(Cl)cc2)ccc2c1O/C(=C\c1cccs1)C2=O. The molecule has 1 aromatic heterocycles. The first-order valence-corrected chi connectivity index (χ1v) is 9.81. The molecular formula is C22H15ClO4S. The predicted octanol–water partition coefficient (Wildman–Crippen LogP) is 5.59. The fraction of sp³-hybridized carbons (Fsp3) is 0.0909. The van der Waals surface area contributed by atoms with Gasteiger partial charge in [-0.1, -0.05) is 17.7 Å². The molecule has 2 aromatic carbocycles. The molecular weight excluding hydrogens is 396 g/mol. The molecule has 0 unspecified atom stereocenters. The van der Waals surface area contributed by atoms with Crippen LogP contribution in [0.2, 0.25) is 5.02 Å². The number of thiophene rings is 1. The van der Waals surface area contributed by atoms with Crippen LogP contribution in [0.4, 0.5) is 0 Å². The summed E-state index contributed by atoms with van der Waals surface area (Å²) in [5, 5.41) is 2.51. The Bertz CT molecular complexity index is 1080. The van der Waals surface area contributed by atoms with E-state index in [0.29, 0.717) is 33.2 Å². The van der Waals surface area contributed by atoms with Gasteiger partial charge in [-0.2, -0.15) is 0 Å². The maximum atomic E-state index is 12.6. The first-order valence-electron chi connectivity index (χ1n) is 8.56. The maximum Gasteiger partial charge on any atom is 0.232 e. The van der Waals surface area contributed by atoms with Gasteiger partial charge in [0.1, 0.15) is 11.5 Å². The molecule has 0 fully saturated rings. The van der Waals surface area contributed by atoms with Crippen LogP contribution in [-0.2, 0) is 0 Å². The van der Waals surface area contributed by atoms with E-state index in [1.807, 2.05) is 24.4 Å². The third-order valence-corrected chi connectivity index (χ3v) is 5.45. The second-order valence-corrected chi connectivity index (χ2v) is 7.66. The van der Waals surface area contributed by atoms with Crippen molar-refractivity contribution in [1.29, 1.82) is 0 Å². The van der Waals surface area contributed by atoms with Gasteiger partial charge in [-0.15, -0.1) is 11.3 Å². The fourth-order valence-electron chi connectivity index (χ4n) is 2.89. The van der Waals surface area contributed by atoms with Gasteiger partial charge in [-0.3, -0.25) is 9.59 Å². The normalized spacial score (nSPS) is 14.1. The van der Waals surface area contributed by atoms with Gasteiger partial charge in [-0.05, 0) is 54.8 Å². The summed E-state index contributed by atoms with van der Waals surface area (Å²) in [7, 11) is 0. The zero-order valence-electron chi connectivity index (χ0n) is 14.9. The quantitative estimate of drug-likeness (QED) is 0.406. The zero-order valence-corrected chi connectivity index (χ0v) is 16.5. The van der Waals surface area contributed by atoms with E-state index in [0.717, 1.165) is 4.88 Å². The molecule has 0 saturated heterocycles. The molecule has 6 heteroatoms. The van der Waals surface area contributed by atoms with Crippen molar-refractivity contribution < 1.29 is 19.1 Å². The van der Waals surface area contributed by atoms with Crippen molar-refractivity contribution in [2.45, 2.75) is 6.92 Å². The van der Waals surface area contributed by atoms with E-state index in [4.69, 9.17) is 21.1 Å². The molecule has 4 rings (SSSR count). The second-order valence-electron chi connectivity index (χ2n) is 6.24. The van der Waals surface area contributed by atoms with Crippen molar-refractivity contribution in [3.63, 3.8) is 0 Å². The van der Waals surface area contributed by atoms with Crippen molar-refractivity contribution in [2.24, 2.45) is 0 Å². The Morgan fingerprint density at radius 3 is 2.68 bits per heavy atom. The topological polar surface area (TPSA) is 52.6 Å². The molecule has 0 atom stereocenters. The van der Waals surface area contributed by atoms with E-state index in [9.17, 15) is 9.59 Å². The number of ketones is 2. The molecule has 28 heavy (non-hydrogen) atoms. The molecule has 0 radical (unpaired) electrons. The smallest absolute Gasteiger partial charge is 0.232 e. The minimum atomic E-state index is -0.160. The summed E-state index contributed by atoms with van der Waals surface area (Å²) in [6.45, 7) is 1.69. The number of rotatable bonds is 5. The van der Waals surface area contributed by atoms with E-state index in [-0.39, 0.29) is 23.9 Å². The molecule has 0 N–H and O–H groups in total. The lowest BCUT2D eigenvalue weighted by molar-refractivity contribution is 0.0920. The monoisotopic (exact) mass is 410 g/mol. The van der Waals surface area contributed by atoms with Gasteiger partial charge in [0.2, 0.25) is 5.78 Å². The average molecular weight is 411 g/mol. The lowest BCUT2D eigenvalue weighted by Crippen LogP contribution is -2.12. The van der Waals surface area contributed by atoms with Crippen molar-refractivity contribution in [3.8, 4) is 11.5 Å². The van der Waals surface area contributed by atoms with Crippen molar-refractivity contribution in [1.82, 2.24) is 0 Å². The summed E-state index contributed by atoms with van der Waals surface area (Å²) in [6.07, 6.45) is 1.73. The number of fused-ring (bicyclic) bond motifs is 1. The third-order valence-electron chi connectivity index (χ3n) is 4.38. The van der Waals surface area contributed by atoms with Gasteiger partial charge in [0.15, 0.2) is 18.1 Å². The Morgan fingerprint density at radius 2 is 1.96 bits per heavy atom. The van der Waals surface area contributed by atoms with Crippen molar-refractivity contribution in [3.05, 3.63) is 86.3 Å². The predicted molar refractivity (Wildman–Crippen MR) is 110 cm³/mol. The number of carbonyl (C=O) groups excluding carboxylic acids is 2. The summed E-state index contributed by atoms with van der Waals surface area (Å²) in [5.41, 5.74) is 1.71. The van der Waals surface area contributed by atoms with Gasteiger partial charge in [-0.25, -0.2) is 0 Å². The molecule has 0 aliphatic carbocycles. The van der Waals surface area contributed by atoms with Gasteiger partial charge in [0.05, 0.1) is 5.56 Å². The van der Waals surface area contributed by atoms with Gasteiger partial charge < -0.3 is 9.47 Å². The number of hydrogen-bond donors (Lipinski definition) is 0. The van der Waals surface area contributed by atoms with Crippen LogP contribution < -0.4 is 9.47 Å². The molecule has 0 amide bonds. The van der Waals surface area contributed by atoms with Crippen molar-refractivity contribution >= 4 is 40.6 Å². The Morgan fingerprint density at radius 1 is 1.18 bits per heavy atom. The first kappa shape index (κ1) is 18.5. The Hall–Kier alpha value is -2.89. The zero-order chi connectivity index (χ0) is 19.7. The summed E-state index contributed by atoms with van der Waals surface area (Å²) >= 11 is 7.37. The van der Waals surface area contributed by atoms with Crippen LogP contribution >= 0.6 is 22.9 Å². The number of Topliss-reactive ketones (excluding diaryl/α,β-unsaturated/α-hetero) is 2. The Kier molecular flexibility index (Phi) is 5.03. The number of ether oxygens (including phenoxy) is 2. The van der Waals surface area contributed by atoms with Gasteiger partial charge in [0, 0.05) is 27.1 Å². The average Bonchev–Trinajstić information content (AvgIpc) is 3.31. The summed E-state index contributed by atoms with van der Waals surface area (Å²) < 4.78 is 11.5. The van der Waals surface area contributed by atoms with Crippen LogP contribution in [0.25, 0.3) is 6.08 Å². The maximum absolute atomic E-state index is 12.6. The molecule has 4 nitrogen and oxygen atoms in total. The molecule has 3 aromatic rings. The number of carbonyl (C=O) groups is 2. The fourth-order valence-corrected chi connectivity index (χ4v) is 3.66. The largest absolute Gasteiger partial charge is 0.485 e. The number of benzene rings is 2. The van der Waals surface area contributed by atoms with Gasteiger partial charge >= 0.3 is 0 Å². The summed E-state index contributed by atoms with van der Waals surface area (Å²) in [4.78, 5) is 25.8. The molecule has 1 aliphatic heterocycles. The first-order chi connectivity index (χ1) is 13.5. The van der Waals surface area contributed by atoms with Crippen LogP contribution in [0.3, 0.4) is 0 Å².